The van der Waals surface area contributed by atoms with Gasteiger partial charge in [0.25, 0.3) is 0 Å². The summed E-state index contributed by atoms with van der Waals surface area (Å²) >= 11 is 0. The zero-order chi connectivity index (χ0) is 9.84. The van der Waals surface area contributed by atoms with Crippen molar-refractivity contribution < 1.29 is 0 Å². The number of hydrogen-bond acceptors (Lipinski definition) is 2. The maximum atomic E-state index is 3.23. The van der Waals surface area contributed by atoms with Crippen molar-refractivity contribution in [1.82, 2.24) is 5.32 Å². The van der Waals surface area contributed by atoms with Gasteiger partial charge in [-0.25, -0.2) is 0 Å². The van der Waals surface area contributed by atoms with Crippen LogP contribution in [0.1, 0.15) is 18.5 Å². The molecule has 0 aromatic heterocycles. The van der Waals surface area contributed by atoms with Gasteiger partial charge in [0, 0.05) is 25.8 Å². The average Bonchev–Trinajstić information content (AvgIpc) is 2.17. The Morgan fingerprint density at radius 1 is 1.31 bits per heavy atom. The molecule has 2 heteroatoms. The van der Waals surface area contributed by atoms with E-state index in [1.165, 1.54) is 11.3 Å². The lowest BCUT2D eigenvalue weighted by Gasteiger charge is -2.16. The monoisotopic (exact) mass is 178 g/mol. The molecule has 0 saturated heterocycles. The van der Waals surface area contributed by atoms with Gasteiger partial charge in [-0.15, -0.1) is 0 Å². The largest absolute Gasteiger partial charge is 0.378 e. The molecule has 0 bridgehead atoms. The molecule has 72 valence electrons. The van der Waals surface area contributed by atoms with E-state index in [2.05, 4.69) is 55.5 Å². The standard InChI is InChI=1S/C11H18N2/c1-9(12-2)10-6-5-7-11(8-10)13(3)4/h5-9,12H,1-4H3. The van der Waals surface area contributed by atoms with Crippen LogP contribution in [0.4, 0.5) is 5.69 Å². The van der Waals surface area contributed by atoms with Crippen molar-refractivity contribution in [2.75, 3.05) is 26.0 Å². The first kappa shape index (κ1) is 10.1. The molecule has 1 rings (SSSR count). The van der Waals surface area contributed by atoms with Crippen molar-refractivity contribution in [2.45, 2.75) is 13.0 Å². The van der Waals surface area contributed by atoms with Crippen molar-refractivity contribution >= 4 is 5.69 Å². The minimum Gasteiger partial charge on any atom is -0.378 e. The van der Waals surface area contributed by atoms with Crippen molar-refractivity contribution in [3.8, 4) is 0 Å². The Morgan fingerprint density at radius 3 is 2.54 bits per heavy atom. The van der Waals surface area contributed by atoms with Crippen LogP contribution in [0.15, 0.2) is 24.3 Å². The second kappa shape index (κ2) is 4.28. The summed E-state index contributed by atoms with van der Waals surface area (Å²) in [5, 5.41) is 3.23. The normalized spacial score (nSPS) is 12.6. The van der Waals surface area contributed by atoms with Crippen LogP contribution in [-0.2, 0) is 0 Å². The van der Waals surface area contributed by atoms with Crippen LogP contribution in [0.3, 0.4) is 0 Å². The van der Waals surface area contributed by atoms with Gasteiger partial charge in [-0.2, -0.15) is 0 Å². The van der Waals surface area contributed by atoms with Gasteiger partial charge in [-0.05, 0) is 31.7 Å². The lowest BCUT2D eigenvalue weighted by atomic mass is 10.1. The number of rotatable bonds is 3. The van der Waals surface area contributed by atoms with Gasteiger partial charge in [0.15, 0.2) is 0 Å². The maximum Gasteiger partial charge on any atom is 0.0364 e. The van der Waals surface area contributed by atoms with E-state index in [1.807, 2.05) is 7.05 Å². The fraction of sp³-hybridized carbons (Fsp3) is 0.455. The van der Waals surface area contributed by atoms with Gasteiger partial charge in [-0.1, -0.05) is 12.1 Å². The third kappa shape index (κ3) is 2.46. The van der Waals surface area contributed by atoms with Gasteiger partial charge < -0.3 is 10.2 Å². The lowest BCUT2D eigenvalue weighted by molar-refractivity contribution is 0.652. The predicted octanol–water partition coefficient (Wildman–Crippen LogP) is 2.03. The molecule has 2 nitrogen and oxygen atoms in total. The Morgan fingerprint density at radius 2 is 2.00 bits per heavy atom. The molecular weight excluding hydrogens is 160 g/mol. The Labute approximate surface area is 80.6 Å². The van der Waals surface area contributed by atoms with Crippen LogP contribution in [0, 0.1) is 0 Å². The third-order valence-electron chi connectivity index (χ3n) is 2.32. The van der Waals surface area contributed by atoms with Gasteiger partial charge >= 0.3 is 0 Å². The first-order valence-electron chi connectivity index (χ1n) is 4.59. The Bertz CT molecular complexity index is 269. The Hall–Kier alpha value is -1.02. The fourth-order valence-corrected chi connectivity index (χ4v) is 1.24. The Balaban J connectivity index is 2.91. The molecule has 1 unspecified atom stereocenters. The number of benzene rings is 1. The van der Waals surface area contributed by atoms with E-state index in [0.29, 0.717) is 6.04 Å². The molecule has 0 aliphatic heterocycles. The fourth-order valence-electron chi connectivity index (χ4n) is 1.24. The van der Waals surface area contributed by atoms with Crippen molar-refractivity contribution in [1.29, 1.82) is 0 Å². The molecule has 13 heavy (non-hydrogen) atoms. The molecule has 0 saturated carbocycles. The molecule has 0 fully saturated rings. The van der Waals surface area contributed by atoms with Crippen molar-refractivity contribution in [2.24, 2.45) is 0 Å². The highest BCUT2D eigenvalue weighted by molar-refractivity contribution is 5.47. The van der Waals surface area contributed by atoms with Crippen molar-refractivity contribution in [3.05, 3.63) is 29.8 Å². The quantitative estimate of drug-likeness (QED) is 0.762. The molecule has 1 aromatic carbocycles. The molecule has 1 aromatic rings. The molecular formula is C11H18N2. The summed E-state index contributed by atoms with van der Waals surface area (Å²) in [7, 11) is 6.10. The average molecular weight is 178 g/mol. The van der Waals surface area contributed by atoms with Gasteiger partial charge in [0.2, 0.25) is 0 Å². The second-order valence-corrected chi connectivity index (χ2v) is 3.50. The smallest absolute Gasteiger partial charge is 0.0364 e. The second-order valence-electron chi connectivity index (χ2n) is 3.50. The highest BCUT2D eigenvalue weighted by Gasteiger charge is 2.03. The molecule has 0 radical (unpaired) electrons. The zero-order valence-corrected chi connectivity index (χ0v) is 8.83. The molecule has 0 spiro atoms. The minimum absolute atomic E-state index is 0.417. The van der Waals surface area contributed by atoms with E-state index in [4.69, 9.17) is 0 Å². The van der Waals surface area contributed by atoms with Gasteiger partial charge in [0.1, 0.15) is 0 Å². The molecule has 0 aliphatic carbocycles. The maximum absolute atomic E-state index is 3.23. The van der Waals surface area contributed by atoms with Gasteiger partial charge in [0.05, 0.1) is 0 Å². The first-order chi connectivity index (χ1) is 6.15. The predicted molar refractivity (Wildman–Crippen MR) is 58.2 cm³/mol. The van der Waals surface area contributed by atoms with Crippen LogP contribution in [0.5, 0.6) is 0 Å². The molecule has 0 amide bonds. The topological polar surface area (TPSA) is 15.3 Å². The lowest BCUT2D eigenvalue weighted by Crippen LogP contribution is -2.14. The molecule has 1 N–H and O–H groups in total. The number of hydrogen-bond donors (Lipinski definition) is 1. The van der Waals surface area contributed by atoms with E-state index in [0.717, 1.165) is 0 Å². The Kier molecular flexibility index (Phi) is 3.32. The highest BCUT2D eigenvalue weighted by atomic mass is 15.1. The summed E-state index contributed by atoms with van der Waals surface area (Å²) in [5.41, 5.74) is 2.58. The van der Waals surface area contributed by atoms with Crippen LogP contribution in [0.2, 0.25) is 0 Å². The minimum atomic E-state index is 0.417. The summed E-state index contributed by atoms with van der Waals surface area (Å²) < 4.78 is 0. The van der Waals surface area contributed by atoms with E-state index in [9.17, 15) is 0 Å². The van der Waals surface area contributed by atoms with Crippen LogP contribution in [-0.4, -0.2) is 21.1 Å². The first-order valence-corrected chi connectivity index (χ1v) is 4.59. The van der Waals surface area contributed by atoms with Crippen LogP contribution >= 0.6 is 0 Å². The summed E-state index contributed by atoms with van der Waals surface area (Å²) in [6.45, 7) is 2.16. The summed E-state index contributed by atoms with van der Waals surface area (Å²) in [6.07, 6.45) is 0. The van der Waals surface area contributed by atoms with E-state index in [-0.39, 0.29) is 0 Å². The summed E-state index contributed by atoms with van der Waals surface area (Å²) in [4.78, 5) is 2.12. The van der Waals surface area contributed by atoms with Crippen LogP contribution < -0.4 is 10.2 Å². The summed E-state index contributed by atoms with van der Waals surface area (Å²) in [6, 6.07) is 8.99. The SMILES string of the molecule is CNC(C)c1cccc(N(C)C)c1. The van der Waals surface area contributed by atoms with Gasteiger partial charge in [-0.3, -0.25) is 0 Å². The summed E-state index contributed by atoms with van der Waals surface area (Å²) in [5.74, 6) is 0. The molecule has 0 heterocycles. The van der Waals surface area contributed by atoms with E-state index in [1.54, 1.807) is 0 Å². The number of nitrogens with one attached hydrogen (secondary N) is 1. The molecule has 0 aliphatic rings. The van der Waals surface area contributed by atoms with Crippen molar-refractivity contribution in [3.63, 3.8) is 0 Å². The third-order valence-corrected chi connectivity index (χ3v) is 2.32. The van der Waals surface area contributed by atoms with E-state index >= 15 is 0 Å². The zero-order valence-electron chi connectivity index (χ0n) is 8.83. The number of anilines is 1. The van der Waals surface area contributed by atoms with Crippen LogP contribution in [0.25, 0.3) is 0 Å². The van der Waals surface area contributed by atoms with E-state index < -0.39 is 0 Å². The molecule has 1 atom stereocenters. The highest BCUT2D eigenvalue weighted by Crippen LogP contribution is 2.18. The number of nitrogens with zero attached hydrogens (tertiary/aromatic N) is 1.